The maximum Gasteiger partial charge on any atom is 0.238 e. The van der Waals surface area contributed by atoms with Crippen LogP contribution in [0.5, 0.6) is 0 Å². The first-order chi connectivity index (χ1) is 6.61. The molecule has 0 bridgehead atoms. The molecule has 1 heterocycles. The summed E-state index contributed by atoms with van der Waals surface area (Å²) in [6.45, 7) is 0. The zero-order valence-electron chi connectivity index (χ0n) is 7.05. The molecular weight excluding hydrogens is 406 g/mol. The molecule has 0 aliphatic heterocycles. The molecule has 0 spiro atoms. The van der Waals surface area contributed by atoms with E-state index in [0.29, 0.717) is 3.94 Å². The van der Waals surface area contributed by atoms with Crippen LogP contribution in [0.25, 0.3) is 0 Å². The fourth-order valence-corrected chi connectivity index (χ4v) is 1.55. The van der Waals surface area contributed by atoms with Gasteiger partial charge in [0.1, 0.15) is 0 Å². The van der Waals surface area contributed by atoms with Crippen LogP contribution >= 0.6 is 58.9 Å². The van der Waals surface area contributed by atoms with E-state index in [4.69, 9.17) is 47.5 Å². The molecule has 81 valence electrons. The van der Waals surface area contributed by atoms with Crippen LogP contribution in [0.4, 0.5) is 0 Å². The van der Waals surface area contributed by atoms with Crippen molar-refractivity contribution in [3.63, 3.8) is 0 Å². The average molecular weight is 410 g/mol. The third-order valence-electron chi connectivity index (χ3n) is 1.13. The Balaban J connectivity index is 0.00000196. The predicted octanol–water partition coefficient (Wildman–Crippen LogP) is 3.05. The van der Waals surface area contributed by atoms with E-state index in [1.165, 1.54) is 11.3 Å². The first-order valence-electron chi connectivity index (χ1n) is 3.30. The van der Waals surface area contributed by atoms with Gasteiger partial charge in [-0.25, -0.2) is 0 Å². The smallest absolute Gasteiger partial charge is 0.163 e. The van der Waals surface area contributed by atoms with Crippen molar-refractivity contribution >= 4 is 94.6 Å². The van der Waals surface area contributed by atoms with Crippen LogP contribution in [0.2, 0.25) is 0 Å². The van der Waals surface area contributed by atoms with Gasteiger partial charge in [-0.05, 0) is 23.7 Å². The standard InChI is InChI=1S/C6H4Cl3N3S2.Sb/c7-11(8)6(13)12(9)10-4-5-2-1-3-14-5;/h1-4H;. The van der Waals surface area contributed by atoms with Gasteiger partial charge in [0.15, 0.2) is 0 Å². The van der Waals surface area contributed by atoms with Crippen molar-refractivity contribution < 1.29 is 0 Å². The van der Waals surface area contributed by atoms with Crippen LogP contribution in [-0.2, 0) is 0 Å². The minimum absolute atomic E-state index is 0. The maximum absolute atomic E-state index is 5.63. The van der Waals surface area contributed by atoms with E-state index in [2.05, 4.69) is 5.10 Å². The van der Waals surface area contributed by atoms with Gasteiger partial charge in [0.2, 0.25) is 5.11 Å². The monoisotopic (exact) mass is 408 g/mol. The summed E-state index contributed by atoms with van der Waals surface area (Å²) in [4.78, 5) is 0.953. The maximum atomic E-state index is 5.63. The topological polar surface area (TPSA) is 18.8 Å². The first-order valence-corrected chi connectivity index (χ1v) is 5.60. The van der Waals surface area contributed by atoms with E-state index in [0.717, 1.165) is 9.41 Å². The van der Waals surface area contributed by atoms with Crippen LogP contribution in [0.15, 0.2) is 22.6 Å². The molecule has 0 atom stereocenters. The summed E-state index contributed by atoms with van der Waals surface area (Å²) in [7, 11) is 0. The van der Waals surface area contributed by atoms with Gasteiger partial charge in [0, 0.05) is 64.6 Å². The van der Waals surface area contributed by atoms with Crippen LogP contribution < -0.4 is 0 Å². The summed E-state index contributed by atoms with van der Waals surface area (Å²) in [5, 5.41) is 5.73. The Labute approximate surface area is 129 Å². The normalized spacial score (nSPS) is 9.80. The summed E-state index contributed by atoms with van der Waals surface area (Å²) in [6.07, 6.45) is 1.56. The summed E-state index contributed by atoms with van der Waals surface area (Å²) in [5.41, 5.74) is 0. The molecule has 0 N–H and O–H groups in total. The first kappa shape index (κ1) is 15.7. The molecule has 3 nitrogen and oxygen atoms in total. The van der Waals surface area contributed by atoms with E-state index in [1.54, 1.807) is 6.21 Å². The molecule has 1 rings (SSSR count). The Kier molecular flexibility index (Phi) is 8.33. The second-order valence-corrected chi connectivity index (χ2v) is 4.55. The zero-order chi connectivity index (χ0) is 10.6. The summed E-state index contributed by atoms with van der Waals surface area (Å²) < 4.78 is 1.54. The Morgan fingerprint density at radius 2 is 2.13 bits per heavy atom. The van der Waals surface area contributed by atoms with E-state index in [-0.39, 0.29) is 29.5 Å². The van der Waals surface area contributed by atoms with Crippen LogP contribution in [0.1, 0.15) is 4.88 Å². The van der Waals surface area contributed by atoms with Gasteiger partial charge in [-0.15, -0.1) is 15.9 Å². The van der Waals surface area contributed by atoms with Crippen molar-refractivity contribution in [2.45, 2.75) is 0 Å². The second-order valence-electron chi connectivity index (χ2n) is 2.04. The van der Waals surface area contributed by atoms with Gasteiger partial charge in [0.25, 0.3) is 0 Å². The second kappa shape index (κ2) is 7.93. The fraction of sp³-hybridized carbons (Fsp3) is 0. The van der Waals surface area contributed by atoms with E-state index >= 15 is 0 Å². The minimum atomic E-state index is -0.0113. The van der Waals surface area contributed by atoms with Gasteiger partial charge >= 0.3 is 0 Å². The van der Waals surface area contributed by atoms with Crippen LogP contribution in [0.3, 0.4) is 0 Å². The van der Waals surface area contributed by atoms with Crippen molar-refractivity contribution in [2.75, 3.05) is 0 Å². The number of nitrogens with zero attached hydrogens (tertiary/aromatic N) is 3. The number of hydrazone groups is 1. The molecule has 15 heavy (non-hydrogen) atoms. The Hall–Kier alpha value is 0.748. The SMILES string of the molecule is S=C(N(Cl)Cl)N(Cl)N=Cc1cccs1.[Sb]. The fourth-order valence-electron chi connectivity index (χ4n) is 0.584. The average Bonchev–Trinajstić information content (AvgIpc) is 2.65. The van der Waals surface area contributed by atoms with Crippen LogP contribution in [-0.4, -0.2) is 44.2 Å². The molecule has 1 aromatic heterocycles. The summed E-state index contributed by atoms with van der Waals surface area (Å²) in [6, 6.07) is 3.79. The van der Waals surface area contributed by atoms with Crippen molar-refractivity contribution in [3.05, 3.63) is 22.4 Å². The van der Waals surface area contributed by atoms with E-state index in [1.807, 2.05) is 17.5 Å². The number of thiophene rings is 1. The molecule has 0 aromatic carbocycles. The van der Waals surface area contributed by atoms with Gasteiger partial charge in [-0.2, -0.15) is 9.04 Å². The molecule has 0 aliphatic carbocycles. The predicted molar refractivity (Wildman–Crippen MR) is 71.5 cm³/mol. The van der Waals surface area contributed by atoms with Crippen molar-refractivity contribution in [2.24, 2.45) is 5.10 Å². The Morgan fingerprint density at radius 1 is 1.47 bits per heavy atom. The van der Waals surface area contributed by atoms with Gasteiger partial charge in [-0.3, -0.25) is 0 Å². The number of halogens is 3. The Bertz CT molecular complexity index is 330. The summed E-state index contributed by atoms with van der Waals surface area (Å²) in [5.74, 6) is 0. The van der Waals surface area contributed by atoms with Crippen molar-refractivity contribution in [1.29, 1.82) is 0 Å². The van der Waals surface area contributed by atoms with Gasteiger partial charge < -0.3 is 0 Å². The molecule has 0 fully saturated rings. The third-order valence-corrected chi connectivity index (χ3v) is 3.16. The molecule has 9 heteroatoms. The van der Waals surface area contributed by atoms with Crippen LogP contribution in [0, 0.1) is 0 Å². The molecule has 0 saturated carbocycles. The van der Waals surface area contributed by atoms with Crippen molar-refractivity contribution in [1.82, 2.24) is 8.47 Å². The number of hydrogen-bond acceptors (Lipinski definition) is 3. The molecule has 3 radical (unpaired) electrons. The minimum Gasteiger partial charge on any atom is -0.163 e. The van der Waals surface area contributed by atoms with Crippen molar-refractivity contribution in [3.8, 4) is 0 Å². The molecular formula is C6H4Cl3N3S2Sb. The summed E-state index contributed by atoms with van der Waals surface area (Å²) >= 11 is 22.6. The largest absolute Gasteiger partial charge is 0.238 e. The Morgan fingerprint density at radius 3 is 2.60 bits per heavy atom. The van der Waals surface area contributed by atoms with Gasteiger partial charge in [0.05, 0.1) is 6.21 Å². The van der Waals surface area contributed by atoms with E-state index < -0.39 is 0 Å². The molecule has 0 unspecified atom stereocenters. The van der Waals surface area contributed by atoms with E-state index in [9.17, 15) is 0 Å². The number of thiocarbonyl (C=S) groups is 1. The zero-order valence-corrected chi connectivity index (χ0v) is 13.5. The number of hydrogen-bond donors (Lipinski definition) is 0. The number of rotatable bonds is 2. The van der Waals surface area contributed by atoms with Gasteiger partial charge in [-0.1, -0.05) is 6.07 Å². The molecule has 1 aromatic rings. The molecule has 0 aliphatic rings. The third kappa shape index (κ3) is 5.57. The molecule has 0 saturated heterocycles. The molecule has 0 amide bonds. The quantitative estimate of drug-likeness (QED) is 0.246.